The highest BCUT2D eigenvalue weighted by Gasteiger charge is 2.08. The normalized spacial score (nSPS) is 10.7. The Bertz CT molecular complexity index is 1140. The fourth-order valence-corrected chi connectivity index (χ4v) is 4.10. The van der Waals surface area contributed by atoms with Gasteiger partial charge in [0.15, 0.2) is 0 Å². The number of rotatable bonds is 5. The van der Waals surface area contributed by atoms with Crippen molar-refractivity contribution < 1.29 is 9.53 Å². The number of para-hydroxylation sites is 1. The average molecular weight is 404 g/mol. The second kappa shape index (κ2) is 8.32. The Morgan fingerprint density at radius 1 is 1.07 bits per heavy atom. The van der Waals surface area contributed by atoms with Gasteiger partial charge in [0.2, 0.25) is 0 Å². The molecule has 0 aliphatic carbocycles. The number of fused-ring (bicyclic) bond motifs is 1. The predicted molar refractivity (Wildman–Crippen MR) is 119 cm³/mol. The molecule has 0 bridgehead atoms. The summed E-state index contributed by atoms with van der Waals surface area (Å²) in [6.45, 7) is 2.42. The highest BCUT2D eigenvalue weighted by molar-refractivity contribution is 7.21. The third-order valence-electron chi connectivity index (χ3n) is 4.57. The molecular formula is C23H21N3O2S. The smallest absolute Gasteiger partial charge is 0.319 e. The van der Waals surface area contributed by atoms with Gasteiger partial charge in [-0.3, -0.25) is 0 Å². The standard InChI is InChI=1S/C23H21N3O2S/c1-15-12-16(10-11-20(15)28-2)14-24-23(27)25-18-7-5-6-17(13-18)22-26-19-8-3-4-9-21(19)29-22/h3-13H,14H2,1-2H3,(H2,24,25,27). The van der Waals surface area contributed by atoms with E-state index in [1.807, 2.05) is 67.6 Å². The van der Waals surface area contributed by atoms with Crippen LogP contribution in [-0.2, 0) is 6.54 Å². The first-order valence-corrected chi connectivity index (χ1v) is 10.1. The zero-order valence-electron chi connectivity index (χ0n) is 16.2. The maximum atomic E-state index is 12.3. The summed E-state index contributed by atoms with van der Waals surface area (Å²) >= 11 is 1.64. The second-order valence-electron chi connectivity index (χ2n) is 6.68. The van der Waals surface area contributed by atoms with Gasteiger partial charge in [-0.15, -0.1) is 11.3 Å². The summed E-state index contributed by atoms with van der Waals surface area (Å²) in [7, 11) is 1.65. The number of carbonyl (C=O) groups excluding carboxylic acids is 1. The largest absolute Gasteiger partial charge is 0.496 e. The molecule has 0 radical (unpaired) electrons. The van der Waals surface area contributed by atoms with Gasteiger partial charge < -0.3 is 15.4 Å². The van der Waals surface area contributed by atoms with Crippen LogP contribution in [0, 0.1) is 6.92 Å². The Balaban J connectivity index is 1.42. The number of anilines is 1. The number of nitrogens with zero attached hydrogens (tertiary/aromatic N) is 1. The number of hydrogen-bond acceptors (Lipinski definition) is 4. The molecule has 0 atom stereocenters. The number of aryl methyl sites for hydroxylation is 1. The number of aromatic nitrogens is 1. The van der Waals surface area contributed by atoms with E-state index in [1.54, 1.807) is 18.4 Å². The molecule has 6 heteroatoms. The molecule has 2 amide bonds. The SMILES string of the molecule is COc1ccc(CNC(=O)Nc2cccc(-c3nc4ccccc4s3)c2)cc1C. The van der Waals surface area contributed by atoms with Crippen LogP contribution in [0.1, 0.15) is 11.1 Å². The molecule has 0 fully saturated rings. The Morgan fingerprint density at radius 2 is 1.93 bits per heavy atom. The van der Waals surface area contributed by atoms with E-state index in [-0.39, 0.29) is 6.03 Å². The zero-order valence-corrected chi connectivity index (χ0v) is 17.0. The summed E-state index contributed by atoms with van der Waals surface area (Å²) in [5, 5.41) is 6.72. The van der Waals surface area contributed by atoms with Crippen LogP contribution in [-0.4, -0.2) is 18.1 Å². The molecule has 3 aromatic carbocycles. The number of thiazole rings is 1. The lowest BCUT2D eigenvalue weighted by atomic mass is 10.1. The molecular weight excluding hydrogens is 382 g/mol. The molecule has 0 saturated carbocycles. The molecule has 1 aromatic heterocycles. The maximum absolute atomic E-state index is 12.3. The molecule has 0 aliphatic rings. The van der Waals surface area contributed by atoms with E-state index in [1.165, 1.54) is 0 Å². The minimum atomic E-state index is -0.250. The van der Waals surface area contributed by atoms with E-state index < -0.39 is 0 Å². The van der Waals surface area contributed by atoms with E-state index in [0.29, 0.717) is 6.54 Å². The molecule has 0 unspecified atom stereocenters. The Kier molecular flexibility index (Phi) is 5.44. The van der Waals surface area contributed by atoms with Gasteiger partial charge in [-0.1, -0.05) is 36.4 Å². The summed E-state index contributed by atoms with van der Waals surface area (Å²) in [6.07, 6.45) is 0. The summed E-state index contributed by atoms with van der Waals surface area (Å²) in [5.41, 5.74) is 4.75. The topological polar surface area (TPSA) is 63.2 Å². The van der Waals surface area contributed by atoms with Crippen LogP contribution < -0.4 is 15.4 Å². The van der Waals surface area contributed by atoms with Crippen LogP contribution >= 0.6 is 11.3 Å². The minimum Gasteiger partial charge on any atom is -0.496 e. The van der Waals surface area contributed by atoms with E-state index in [4.69, 9.17) is 4.74 Å². The van der Waals surface area contributed by atoms with Gasteiger partial charge in [0.05, 0.1) is 17.3 Å². The van der Waals surface area contributed by atoms with Crippen molar-refractivity contribution in [2.24, 2.45) is 0 Å². The second-order valence-corrected chi connectivity index (χ2v) is 7.71. The van der Waals surface area contributed by atoms with Gasteiger partial charge in [0.1, 0.15) is 10.8 Å². The van der Waals surface area contributed by atoms with Crippen molar-refractivity contribution in [2.75, 3.05) is 12.4 Å². The highest BCUT2D eigenvalue weighted by Crippen LogP contribution is 2.31. The van der Waals surface area contributed by atoms with Gasteiger partial charge in [-0.05, 0) is 48.4 Å². The van der Waals surface area contributed by atoms with E-state index in [9.17, 15) is 4.79 Å². The van der Waals surface area contributed by atoms with Crippen molar-refractivity contribution in [3.8, 4) is 16.3 Å². The zero-order chi connectivity index (χ0) is 20.2. The van der Waals surface area contributed by atoms with Crippen molar-refractivity contribution in [2.45, 2.75) is 13.5 Å². The highest BCUT2D eigenvalue weighted by atomic mass is 32.1. The van der Waals surface area contributed by atoms with Gasteiger partial charge in [-0.25, -0.2) is 9.78 Å². The number of hydrogen-bond donors (Lipinski definition) is 2. The Morgan fingerprint density at radius 3 is 2.72 bits per heavy atom. The summed E-state index contributed by atoms with van der Waals surface area (Å²) in [6, 6.07) is 21.4. The molecule has 1 heterocycles. The monoisotopic (exact) mass is 403 g/mol. The van der Waals surface area contributed by atoms with Crippen LogP contribution in [0.3, 0.4) is 0 Å². The van der Waals surface area contributed by atoms with Gasteiger partial charge >= 0.3 is 6.03 Å². The number of amides is 2. The Labute approximate surface area is 173 Å². The number of benzene rings is 3. The van der Waals surface area contributed by atoms with Crippen LogP contribution in [0.15, 0.2) is 66.7 Å². The van der Waals surface area contributed by atoms with Crippen molar-refractivity contribution in [1.29, 1.82) is 0 Å². The van der Waals surface area contributed by atoms with Crippen molar-refractivity contribution in [3.63, 3.8) is 0 Å². The van der Waals surface area contributed by atoms with E-state index in [0.717, 1.165) is 43.4 Å². The van der Waals surface area contributed by atoms with Crippen molar-refractivity contribution in [1.82, 2.24) is 10.3 Å². The quantitative estimate of drug-likeness (QED) is 0.456. The lowest BCUT2D eigenvalue weighted by Gasteiger charge is -2.10. The Hall–Kier alpha value is -3.38. The molecule has 0 saturated heterocycles. The van der Waals surface area contributed by atoms with E-state index in [2.05, 4.69) is 21.7 Å². The molecule has 4 rings (SSSR count). The molecule has 2 N–H and O–H groups in total. The van der Waals surface area contributed by atoms with Crippen molar-refractivity contribution >= 4 is 33.3 Å². The van der Waals surface area contributed by atoms with Gasteiger partial charge in [-0.2, -0.15) is 0 Å². The number of urea groups is 1. The predicted octanol–water partition coefficient (Wildman–Crippen LogP) is 5.60. The molecule has 4 aromatic rings. The molecule has 5 nitrogen and oxygen atoms in total. The molecule has 0 spiro atoms. The first kappa shape index (κ1) is 19.0. The fraction of sp³-hybridized carbons (Fsp3) is 0.130. The van der Waals surface area contributed by atoms with E-state index >= 15 is 0 Å². The summed E-state index contributed by atoms with van der Waals surface area (Å²) in [5.74, 6) is 0.838. The number of ether oxygens (including phenoxy) is 1. The first-order chi connectivity index (χ1) is 14.1. The molecule has 29 heavy (non-hydrogen) atoms. The number of carbonyl (C=O) groups is 1. The van der Waals surface area contributed by atoms with Crippen molar-refractivity contribution in [3.05, 3.63) is 77.9 Å². The maximum Gasteiger partial charge on any atom is 0.319 e. The lowest BCUT2D eigenvalue weighted by Crippen LogP contribution is -2.28. The summed E-state index contributed by atoms with van der Waals surface area (Å²) in [4.78, 5) is 17.0. The lowest BCUT2D eigenvalue weighted by molar-refractivity contribution is 0.251. The molecule has 146 valence electrons. The fourth-order valence-electron chi connectivity index (χ4n) is 3.13. The van der Waals surface area contributed by atoms with Crippen LogP contribution in [0.2, 0.25) is 0 Å². The molecule has 0 aliphatic heterocycles. The average Bonchev–Trinajstić information content (AvgIpc) is 3.17. The first-order valence-electron chi connectivity index (χ1n) is 9.27. The third kappa shape index (κ3) is 4.38. The van der Waals surface area contributed by atoms with Gasteiger partial charge in [0.25, 0.3) is 0 Å². The van der Waals surface area contributed by atoms with Crippen LogP contribution in [0.4, 0.5) is 10.5 Å². The summed E-state index contributed by atoms with van der Waals surface area (Å²) < 4.78 is 6.41. The van der Waals surface area contributed by atoms with Gasteiger partial charge in [0, 0.05) is 17.8 Å². The number of nitrogens with one attached hydrogen (secondary N) is 2. The van der Waals surface area contributed by atoms with Crippen LogP contribution in [0.25, 0.3) is 20.8 Å². The minimum absolute atomic E-state index is 0.250. The van der Waals surface area contributed by atoms with Crippen LogP contribution in [0.5, 0.6) is 5.75 Å². The number of methoxy groups -OCH3 is 1. The third-order valence-corrected chi connectivity index (χ3v) is 5.66.